The first-order chi connectivity index (χ1) is 8.41. The summed E-state index contributed by atoms with van der Waals surface area (Å²) in [6.45, 7) is 6.43. The van der Waals surface area contributed by atoms with Gasteiger partial charge in [-0.15, -0.1) is 0 Å². The number of aromatic nitrogens is 2. The summed E-state index contributed by atoms with van der Waals surface area (Å²) in [5, 5.41) is -0.408. The lowest BCUT2D eigenvalue weighted by Crippen LogP contribution is -2.45. The number of hydrogen-bond acceptors (Lipinski definition) is 4. The van der Waals surface area contributed by atoms with Gasteiger partial charge >= 0.3 is 0 Å². The lowest BCUT2D eigenvalue weighted by atomic mass is 10.3. The van der Waals surface area contributed by atoms with Crippen molar-refractivity contribution in [3.63, 3.8) is 0 Å². The molecule has 0 amide bonds. The predicted molar refractivity (Wildman–Crippen MR) is 67.6 cm³/mol. The van der Waals surface area contributed by atoms with Gasteiger partial charge in [0.15, 0.2) is 0 Å². The van der Waals surface area contributed by atoms with Crippen LogP contribution in [0, 0.1) is 6.92 Å². The molecule has 0 spiro atoms. The van der Waals surface area contributed by atoms with Crippen LogP contribution >= 0.6 is 0 Å². The van der Waals surface area contributed by atoms with E-state index in [0.717, 1.165) is 5.69 Å². The molecule has 1 N–H and O–H groups in total. The minimum absolute atomic E-state index is 0.305. The zero-order valence-electron chi connectivity index (χ0n) is 10.9. The maximum atomic E-state index is 12.1. The topological polar surface area (TPSA) is 75.3 Å². The molecule has 1 atom stereocenters. The van der Waals surface area contributed by atoms with E-state index in [9.17, 15) is 8.42 Å². The van der Waals surface area contributed by atoms with Gasteiger partial charge in [-0.3, -0.25) is 0 Å². The summed E-state index contributed by atoms with van der Waals surface area (Å²) in [5.41, 5.74) is 0.942. The van der Waals surface area contributed by atoms with Crippen molar-refractivity contribution in [2.75, 3.05) is 19.7 Å². The first-order valence-corrected chi connectivity index (χ1v) is 7.53. The normalized spacial score (nSPS) is 22.6. The second-order valence-corrected chi connectivity index (χ2v) is 7.25. The van der Waals surface area contributed by atoms with Gasteiger partial charge in [0.25, 0.3) is 0 Å². The fraction of sp³-hybridized carbons (Fsp3) is 0.727. The SMILES string of the molecule is Cc1cnc([C@@H]2CN(S(=O)(=O)C(C)C)CCO2)[nH]1. The number of ether oxygens (including phenoxy) is 1. The predicted octanol–water partition coefficient (Wildman–Crippen LogP) is 0.830. The number of morpholine rings is 1. The van der Waals surface area contributed by atoms with E-state index < -0.39 is 15.3 Å². The zero-order chi connectivity index (χ0) is 13.3. The molecule has 0 bridgehead atoms. The van der Waals surface area contributed by atoms with E-state index in [1.807, 2.05) is 6.92 Å². The highest BCUT2D eigenvalue weighted by Gasteiger charge is 2.33. The van der Waals surface area contributed by atoms with E-state index in [0.29, 0.717) is 25.5 Å². The third-order valence-electron chi connectivity index (χ3n) is 3.01. The fourth-order valence-corrected chi connectivity index (χ4v) is 3.19. The van der Waals surface area contributed by atoms with E-state index >= 15 is 0 Å². The number of aromatic amines is 1. The van der Waals surface area contributed by atoms with Gasteiger partial charge in [-0.1, -0.05) is 0 Å². The first-order valence-electron chi connectivity index (χ1n) is 6.03. The second kappa shape index (κ2) is 4.99. The lowest BCUT2D eigenvalue weighted by Gasteiger charge is -2.32. The quantitative estimate of drug-likeness (QED) is 0.885. The second-order valence-electron chi connectivity index (χ2n) is 4.76. The summed E-state index contributed by atoms with van der Waals surface area (Å²) in [7, 11) is -3.22. The smallest absolute Gasteiger partial charge is 0.216 e. The van der Waals surface area contributed by atoms with Crippen LogP contribution in [0.15, 0.2) is 6.20 Å². The van der Waals surface area contributed by atoms with Gasteiger partial charge in [0.2, 0.25) is 10.0 Å². The Bertz CT molecular complexity index is 509. The van der Waals surface area contributed by atoms with Crippen molar-refractivity contribution in [3.8, 4) is 0 Å². The van der Waals surface area contributed by atoms with Crippen molar-refractivity contribution in [1.29, 1.82) is 0 Å². The van der Waals surface area contributed by atoms with Crippen LogP contribution in [-0.4, -0.2) is 47.6 Å². The van der Waals surface area contributed by atoms with Gasteiger partial charge < -0.3 is 9.72 Å². The Kier molecular flexibility index (Phi) is 3.74. The molecule has 1 aromatic heterocycles. The van der Waals surface area contributed by atoms with Crippen molar-refractivity contribution < 1.29 is 13.2 Å². The van der Waals surface area contributed by atoms with Crippen LogP contribution in [0.1, 0.15) is 31.5 Å². The van der Waals surface area contributed by atoms with Crippen molar-refractivity contribution in [1.82, 2.24) is 14.3 Å². The summed E-state index contributed by atoms with van der Waals surface area (Å²) in [5.74, 6) is 0.691. The van der Waals surface area contributed by atoms with Crippen LogP contribution in [0.25, 0.3) is 0 Å². The van der Waals surface area contributed by atoms with E-state index in [1.165, 1.54) is 4.31 Å². The fourth-order valence-electron chi connectivity index (χ4n) is 1.92. The average Bonchev–Trinajstić information content (AvgIpc) is 2.76. The summed E-state index contributed by atoms with van der Waals surface area (Å²) in [4.78, 5) is 7.29. The molecule has 0 aliphatic carbocycles. The van der Waals surface area contributed by atoms with Gasteiger partial charge in [-0.2, -0.15) is 4.31 Å². The minimum atomic E-state index is -3.22. The number of H-pyrrole nitrogens is 1. The Morgan fingerprint density at radius 3 is 2.83 bits per heavy atom. The number of nitrogens with zero attached hydrogens (tertiary/aromatic N) is 2. The first kappa shape index (κ1) is 13.5. The molecule has 1 fully saturated rings. The van der Waals surface area contributed by atoms with Gasteiger partial charge in [0, 0.05) is 25.0 Å². The molecule has 7 heteroatoms. The molecule has 1 saturated heterocycles. The molecule has 0 aromatic carbocycles. The van der Waals surface area contributed by atoms with Crippen molar-refractivity contribution >= 4 is 10.0 Å². The van der Waals surface area contributed by atoms with E-state index in [2.05, 4.69) is 9.97 Å². The molecule has 2 heterocycles. The zero-order valence-corrected chi connectivity index (χ0v) is 11.7. The summed E-state index contributed by atoms with van der Waals surface area (Å²) >= 11 is 0. The molecule has 0 saturated carbocycles. The number of aryl methyl sites for hydroxylation is 1. The van der Waals surface area contributed by atoms with Gasteiger partial charge in [-0.05, 0) is 20.8 Å². The van der Waals surface area contributed by atoms with Gasteiger partial charge in [0.05, 0.1) is 11.9 Å². The maximum absolute atomic E-state index is 12.1. The molecular formula is C11H19N3O3S. The van der Waals surface area contributed by atoms with Crippen molar-refractivity contribution in [2.24, 2.45) is 0 Å². The minimum Gasteiger partial charge on any atom is -0.368 e. The summed E-state index contributed by atoms with van der Waals surface area (Å²) in [6.07, 6.45) is 1.41. The van der Waals surface area contributed by atoms with Gasteiger partial charge in [-0.25, -0.2) is 13.4 Å². The third-order valence-corrected chi connectivity index (χ3v) is 5.26. The van der Waals surface area contributed by atoms with Crippen LogP contribution in [0.5, 0.6) is 0 Å². The van der Waals surface area contributed by atoms with Gasteiger partial charge in [0.1, 0.15) is 11.9 Å². The highest BCUT2D eigenvalue weighted by atomic mass is 32.2. The Morgan fingerprint density at radius 1 is 1.56 bits per heavy atom. The molecule has 18 heavy (non-hydrogen) atoms. The van der Waals surface area contributed by atoms with Crippen LogP contribution in [0.3, 0.4) is 0 Å². The van der Waals surface area contributed by atoms with Crippen molar-refractivity contribution in [3.05, 3.63) is 17.7 Å². The molecule has 6 nitrogen and oxygen atoms in total. The van der Waals surface area contributed by atoms with Crippen LogP contribution < -0.4 is 0 Å². The van der Waals surface area contributed by atoms with Crippen LogP contribution in [0.2, 0.25) is 0 Å². The summed E-state index contributed by atoms with van der Waals surface area (Å²) < 4.78 is 31.3. The Labute approximate surface area is 107 Å². The molecule has 1 aromatic rings. The molecule has 1 aliphatic heterocycles. The highest BCUT2D eigenvalue weighted by Crippen LogP contribution is 2.23. The lowest BCUT2D eigenvalue weighted by molar-refractivity contribution is -0.00729. The Morgan fingerprint density at radius 2 is 2.28 bits per heavy atom. The molecule has 1 aliphatic rings. The van der Waals surface area contributed by atoms with Crippen molar-refractivity contribution in [2.45, 2.75) is 32.1 Å². The molecule has 0 radical (unpaired) electrons. The summed E-state index contributed by atoms with van der Waals surface area (Å²) in [6, 6.07) is 0. The van der Waals surface area contributed by atoms with E-state index in [4.69, 9.17) is 4.74 Å². The number of nitrogens with one attached hydrogen (secondary N) is 1. The van der Waals surface area contributed by atoms with E-state index in [-0.39, 0.29) is 6.10 Å². The molecule has 0 unspecified atom stereocenters. The standard InChI is InChI=1S/C11H19N3O3S/c1-8(2)18(15,16)14-4-5-17-10(7-14)11-12-6-9(3)13-11/h6,8,10H,4-5,7H2,1-3H3,(H,12,13)/t10-/m0/s1. The monoisotopic (exact) mass is 273 g/mol. The van der Waals surface area contributed by atoms with E-state index in [1.54, 1.807) is 20.0 Å². The third kappa shape index (κ3) is 2.57. The number of sulfonamides is 1. The average molecular weight is 273 g/mol. The maximum Gasteiger partial charge on any atom is 0.216 e. The molecule has 2 rings (SSSR count). The number of hydrogen-bond donors (Lipinski definition) is 1. The van der Waals surface area contributed by atoms with Crippen LogP contribution in [-0.2, 0) is 14.8 Å². The van der Waals surface area contributed by atoms with Crippen LogP contribution in [0.4, 0.5) is 0 Å². The molecular weight excluding hydrogens is 254 g/mol. The largest absolute Gasteiger partial charge is 0.368 e. The molecule has 102 valence electrons. The Balaban J connectivity index is 2.14. The highest BCUT2D eigenvalue weighted by molar-refractivity contribution is 7.89. The Hall–Kier alpha value is -0.920. The number of rotatable bonds is 3. The number of imidazole rings is 1.